The van der Waals surface area contributed by atoms with Crippen LogP contribution in [0.2, 0.25) is 0 Å². The molecule has 2 heterocycles. The first kappa shape index (κ1) is 6.66. The monoisotopic (exact) mass is 140 g/mol. The third-order valence-electron chi connectivity index (χ3n) is 3.01. The molecule has 2 unspecified atom stereocenters. The van der Waals surface area contributed by atoms with E-state index in [1.807, 2.05) is 0 Å². The third-order valence-corrected chi connectivity index (χ3v) is 3.01. The highest BCUT2D eigenvalue weighted by Gasteiger charge is 2.41. The van der Waals surface area contributed by atoms with Crippen LogP contribution in [-0.4, -0.2) is 12.2 Å². The molecule has 2 rings (SSSR count). The van der Waals surface area contributed by atoms with Gasteiger partial charge in [-0.05, 0) is 31.1 Å². The van der Waals surface area contributed by atoms with Crippen molar-refractivity contribution in [1.82, 2.24) is 0 Å². The summed E-state index contributed by atoms with van der Waals surface area (Å²) in [6.45, 7) is 4.63. The van der Waals surface area contributed by atoms with Gasteiger partial charge in [0.05, 0.1) is 12.2 Å². The molecule has 3 atom stereocenters. The van der Waals surface area contributed by atoms with E-state index in [1.54, 1.807) is 0 Å². The molecule has 2 bridgehead atoms. The Morgan fingerprint density at radius 1 is 1.30 bits per heavy atom. The molecule has 0 aromatic carbocycles. The first-order chi connectivity index (χ1) is 4.77. The molecule has 0 radical (unpaired) electrons. The maximum absolute atomic E-state index is 5.75. The lowest BCUT2D eigenvalue weighted by Crippen LogP contribution is -2.21. The van der Waals surface area contributed by atoms with Gasteiger partial charge in [-0.2, -0.15) is 0 Å². The van der Waals surface area contributed by atoms with Crippen molar-refractivity contribution in [3.63, 3.8) is 0 Å². The van der Waals surface area contributed by atoms with Crippen molar-refractivity contribution in [2.24, 2.45) is 11.8 Å². The molecule has 1 nitrogen and oxygen atoms in total. The van der Waals surface area contributed by atoms with E-state index < -0.39 is 0 Å². The van der Waals surface area contributed by atoms with Gasteiger partial charge < -0.3 is 4.74 Å². The van der Waals surface area contributed by atoms with Crippen LogP contribution in [0.1, 0.15) is 33.1 Å². The zero-order chi connectivity index (χ0) is 7.14. The Labute approximate surface area is 62.8 Å². The van der Waals surface area contributed by atoms with Crippen molar-refractivity contribution >= 4 is 0 Å². The van der Waals surface area contributed by atoms with Crippen LogP contribution >= 0.6 is 0 Å². The summed E-state index contributed by atoms with van der Waals surface area (Å²) in [6.07, 6.45) is 5.26. The Balaban J connectivity index is 2.02. The van der Waals surface area contributed by atoms with Crippen molar-refractivity contribution in [2.45, 2.75) is 45.3 Å². The molecule has 2 fully saturated rings. The summed E-state index contributed by atoms with van der Waals surface area (Å²) in [7, 11) is 0. The quantitative estimate of drug-likeness (QED) is 0.542. The predicted molar refractivity (Wildman–Crippen MR) is 40.8 cm³/mol. The average Bonchev–Trinajstić information content (AvgIpc) is 2.44. The van der Waals surface area contributed by atoms with Gasteiger partial charge in [0.1, 0.15) is 0 Å². The van der Waals surface area contributed by atoms with E-state index in [2.05, 4.69) is 13.8 Å². The highest BCUT2D eigenvalue weighted by molar-refractivity contribution is 4.90. The highest BCUT2D eigenvalue weighted by Crippen LogP contribution is 2.41. The molecule has 10 heavy (non-hydrogen) atoms. The van der Waals surface area contributed by atoms with Crippen LogP contribution < -0.4 is 0 Å². The average molecular weight is 140 g/mol. The summed E-state index contributed by atoms with van der Waals surface area (Å²) >= 11 is 0. The summed E-state index contributed by atoms with van der Waals surface area (Å²) < 4.78 is 5.75. The van der Waals surface area contributed by atoms with Crippen molar-refractivity contribution in [2.75, 3.05) is 0 Å². The third kappa shape index (κ3) is 0.878. The van der Waals surface area contributed by atoms with Crippen LogP contribution in [0.3, 0.4) is 0 Å². The van der Waals surface area contributed by atoms with Crippen LogP contribution in [0.15, 0.2) is 0 Å². The van der Waals surface area contributed by atoms with E-state index in [9.17, 15) is 0 Å². The number of fused-ring (bicyclic) bond motifs is 2. The molecule has 0 saturated carbocycles. The second kappa shape index (κ2) is 2.23. The Hall–Kier alpha value is -0.0400. The molecule has 0 amide bonds. The van der Waals surface area contributed by atoms with Crippen LogP contribution in [0, 0.1) is 11.8 Å². The second-order valence-corrected chi connectivity index (χ2v) is 4.02. The first-order valence-electron chi connectivity index (χ1n) is 4.43. The van der Waals surface area contributed by atoms with E-state index in [4.69, 9.17) is 4.74 Å². The highest BCUT2D eigenvalue weighted by atomic mass is 16.5. The fourth-order valence-corrected chi connectivity index (χ4v) is 2.38. The van der Waals surface area contributed by atoms with Crippen LogP contribution in [0.25, 0.3) is 0 Å². The molecular weight excluding hydrogens is 124 g/mol. The van der Waals surface area contributed by atoms with E-state index in [0.717, 1.165) is 11.8 Å². The van der Waals surface area contributed by atoms with Crippen LogP contribution in [0.4, 0.5) is 0 Å². The summed E-state index contributed by atoms with van der Waals surface area (Å²) in [5.74, 6) is 1.70. The summed E-state index contributed by atoms with van der Waals surface area (Å²) in [5.41, 5.74) is 0. The Bertz CT molecular complexity index is 131. The molecule has 0 aromatic heterocycles. The van der Waals surface area contributed by atoms with Gasteiger partial charge in [-0.25, -0.2) is 0 Å². The SMILES string of the molecule is CC(C)[C@@H]1CC2CCC1O2. The lowest BCUT2D eigenvalue weighted by molar-refractivity contribution is 0.0851. The number of hydrogen-bond acceptors (Lipinski definition) is 1. The van der Waals surface area contributed by atoms with Gasteiger partial charge in [0, 0.05) is 0 Å². The fourth-order valence-electron chi connectivity index (χ4n) is 2.38. The van der Waals surface area contributed by atoms with Gasteiger partial charge in [0.15, 0.2) is 0 Å². The molecule has 58 valence electrons. The predicted octanol–water partition coefficient (Wildman–Crippen LogP) is 2.21. The second-order valence-electron chi connectivity index (χ2n) is 4.02. The maximum atomic E-state index is 5.75. The zero-order valence-electron chi connectivity index (χ0n) is 6.84. The normalized spacial score (nSPS) is 45.3. The lowest BCUT2D eigenvalue weighted by Gasteiger charge is -2.21. The Kier molecular flexibility index (Phi) is 1.48. The number of rotatable bonds is 1. The molecule has 0 aromatic rings. The van der Waals surface area contributed by atoms with E-state index in [-0.39, 0.29) is 0 Å². The standard InChI is InChI=1S/C9H16O/c1-6(2)8-5-7-3-4-9(8)10-7/h6-9H,3-5H2,1-2H3/t7?,8-,9?/m0/s1. The van der Waals surface area contributed by atoms with Gasteiger partial charge in [-0.3, -0.25) is 0 Å². The first-order valence-corrected chi connectivity index (χ1v) is 4.43. The maximum Gasteiger partial charge on any atom is 0.0611 e. The molecule has 2 saturated heterocycles. The molecule has 0 N–H and O–H groups in total. The molecular formula is C9H16O. The smallest absolute Gasteiger partial charge is 0.0611 e. The van der Waals surface area contributed by atoms with Crippen molar-refractivity contribution in [3.8, 4) is 0 Å². The van der Waals surface area contributed by atoms with Crippen LogP contribution in [-0.2, 0) is 4.74 Å². The lowest BCUT2D eigenvalue weighted by atomic mass is 9.82. The fraction of sp³-hybridized carbons (Fsp3) is 1.00. The number of hydrogen-bond donors (Lipinski definition) is 0. The van der Waals surface area contributed by atoms with Crippen LogP contribution in [0.5, 0.6) is 0 Å². The van der Waals surface area contributed by atoms with E-state index in [1.165, 1.54) is 19.3 Å². The van der Waals surface area contributed by atoms with Gasteiger partial charge in [-0.1, -0.05) is 13.8 Å². The van der Waals surface area contributed by atoms with E-state index >= 15 is 0 Å². The minimum Gasteiger partial charge on any atom is -0.375 e. The molecule has 2 aliphatic heterocycles. The Morgan fingerprint density at radius 2 is 2.10 bits per heavy atom. The van der Waals surface area contributed by atoms with Gasteiger partial charge >= 0.3 is 0 Å². The largest absolute Gasteiger partial charge is 0.375 e. The summed E-state index contributed by atoms with van der Waals surface area (Å²) in [6, 6.07) is 0. The zero-order valence-corrected chi connectivity index (χ0v) is 6.84. The number of ether oxygens (including phenoxy) is 1. The van der Waals surface area contributed by atoms with Crippen molar-refractivity contribution in [3.05, 3.63) is 0 Å². The molecule has 0 aliphatic carbocycles. The van der Waals surface area contributed by atoms with Gasteiger partial charge in [0.2, 0.25) is 0 Å². The van der Waals surface area contributed by atoms with E-state index in [0.29, 0.717) is 12.2 Å². The van der Waals surface area contributed by atoms with Crippen molar-refractivity contribution < 1.29 is 4.74 Å². The molecule has 1 heteroatoms. The molecule has 0 spiro atoms. The Morgan fingerprint density at radius 3 is 2.40 bits per heavy atom. The van der Waals surface area contributed by atoms with Gasteiger partial charge in [-0.15, -0.1) is 0 Å². The minimum absolute atomic E-state index is 0.630. The minimum atomic E-state index is 0.630. The summed E-state index contributed by atoms with van der Waals surface area (Å²) in [5, 5.41) is 0. The molecule has 2 aliphatic rings. The summed E-state index contributed by atoms with van der Waals surface area (Å²) in [4.78, 5) is 0. The van der Waals surface area contributed by atoms with Gasteiger partial charge in [0.25, 0.3) is 0 Å². The topological polar surface area (TPSA) is 9.23 Å². The van der Waals surface area contributed by atoms with Crippen molar-refractivity contribution in [1.29, 1.82) is 0 Å².